The number of fused-ring (bicyclic) bond motifs is 1. The lowest BCUT2D eigenvalue weighted by atomic mass is 10.2. The summed E-state index contributed by atoms with van der Waals surface area (Å²) in [7, 11) is 0. The molecule has 0 spiro atoms. The highest BCUT2D eigenvalue weighted by Crippen LogP contribution is 2.38. The minimum atomic E-state index is 0.0168. The Balaban J connectivity index is 1.68. The number of carbonyl (C=O) groups excluding carboxylic acids is 1. The number of carbonyl (C=O) groups is 1. The standard InChI is InChI=1S/C14H18N2O4/c15-7-10-5-12-13(20-9-19-12)6-11(10)18-8-14(17)16-3-1-2-4-16/h5-6H,1-4,7-9,15H2. The molecular formula is C14H18N2O4. The molecule has 2 heterocycles. The van der Waals surface area contributed by atoms with E-state index in [2.05, 4.69) is 0 Å². The van der Waals surface area contributed by atoms with Crippen LogP contribution in [0.15, 0.2) is 12.1 Å². The summed E-state index contributed by atoms with van der Waals surface area (Å²) in [6.07, 6.45) is 2.15. The number of ether oxygens (including phenoxy) is 3. The number of rotatable bonds is 4. The van der Waals surface area contributed by atoms with Crippen LogP contribution in [0.3, 0.4) is 0 Å². The first-order valence-corrected chi connectivity index (χ1v) is 6.81. The van der Waals surface area contributed by atoms with Crippen molar-refractivity contribution in [3.8, 4) is 17.2 Å². The van der Waals surface area contributed by atoms with Crippen LogP contribution in [-0.2, 0) is 11.3 Å². The van der Waals surface area contributed by atoms with Gasteiger partial charge in [-0.1, -0.05) is 0 Å². The lowest BCUT2D eigenvalue weighted by molar-refractivity contribution is -0.132. The number of nitrogens with zero attached hydrogens (tertiary/aromatic N) is 1. The Morgan fingerprint density at radius 2 is 1.95 bits per heavy atom. The Labute approximate surface area is 117 Å². The first-order chi connectivity index (χ1) is 9.78. The summed E-state index contributed by atoms with van der Waals surface area (Å²) in [5.41, 5.74) is 6.51. The highest BCUT2D eigenvalue weighted by Gasteiger charge is 2.21. The Bertz CT molecular complexity index is 512. The molecule has 0 saturated carbocycles. The molecule has 3 rings (SSSR count). The fraction of sp³-hybridized carbons (Fsp3) is 0.500. The fourth-order valence-corrected chi connectivity index (χ4v) is 2.46. The predicted octanol–water partition coefficient (Wildman–Crippen LogP) is 0.875. The molecule has 1 aromatic carbocycles. The van der Waals surface area contributed by atoms with Gasteiger partial charge in [0.25, 0.3) is 5.91 Å². The lowest BCUT2D eigenvalue weighted by Gasteiger charge is -2.16. The SMILES string of the molecule is NCc1cc2c(cc1OCC(=O)N1CCCC1)OCO2. The monoisotopic (exact) mass is 278 g/mol. The first kappa shape index (κ1) is 13.1. The van der Waals surface area contributed by atoms with Crippen molar-refractivity contribution in [2.75, 3.05) is 26.5 Å². The Hall–Kier alpha value is -1.95. The molecule has 1 fully saturated rings. The van der Waals surface area contributed by atoms with Crippen LogP contribution < -0.4 is 19.9 Å². The van der Waals surface area contributed by atoms with Gasteiger partial charge in [0.15, 0.2) is 18.1 Å². The van der Waals surface area contributed by atoms with Crippen LogP contribution in [-0.4, -0.2) is 37.3 Å². The smallest absolute Gasteiger partial charge is 0.260 e. The molecule has 0 unspecified atom stereocenters. The molecule has 2 aliphatic rings. The van der Waals surface area contributed by atoms with Gasteiger partial charge in [0.2, 0.25) is 6.79 Å². The molecule has 1 saturated heterocycles. The van der Waals surface area contributed by atoms with E-state index in [-0.39, 0.29) is 19.3 Å². The largest absolute Gasteiger partial charge is 0.483 e. The number of nitrogens with two attached hydrogens (primary N) is 1. The van der Waals surface area contributed by atoms with Crippen molar-refractivity contribution in [3.63, 3.8) is 0 Å². The van der Waals surface area contributed by atoms with Gasteiger partial charge in [0.05, 0.1) is 0 Å². The maximum Gasteiger partial charge on any atom is 0.260 e. The topological polar surface area (TPSA) is 74.0 Å². The van der Waals surface area contributed by atoms with Crippen LogP contribution in [0.1, 0.15) is 18.4 Å². The average molecular weight is 278 g/mol. The number of hydrogen-bond acceptors (Lipinski definition) is 5. The van der Waals surface area contributed by atoms with E-state index in [0.717, 1.165) is 31.5 Å². The molecule has 0 aromatic heterocycles. The van der Waals surface area contributed by atoms with E-state index in [4.69, 9.17) is 19.9 Å². The second-order valence-corrected chi connectivity index (χ2v) is 4.89. The molecule has 20 heavy (non-hydrogen) atoms. The summed E-state index contributed by atoms with van der Waals surface area (Å²) in [5.74, 6) is 1.90. The van der Waals surface area contributed by atoms with Crippen molar-refractivity contribution in [1.29, 1.82) is 0 Å². The number of likely N-dealkylation sites (tertiary alicyclic amines) is 1. The molecular weight excluding hydrogens is 260 g/mol. The van der Waals surface area contributed by atoms with Crippen molar-refractivity contribution in [3.05, 3.63) is 17.7 Å². The molecule has 0 atom stereocenters. The molecule has 1 aromatic rings. The van der Waals surface area contributed by atoms with Crippen molar-refractivity contribution >= 4 is 5.91 Å². The third-order valence-corrected chi connectivity index (χ3v) is 3.59. The molecule has 6 nitrogen and oxygen atoms in total. The van der Waals surface area contributed by atoms with Gasteiger partial charge in [-0.3, -0.25) is 4.79 Å². The lowest BCUT2D eigenvalue weighted by Crippen LogP contribution is -2.32. The van der Waals surface area contributed by atoms with E-state index in [1.54, 1.807) is 12.1 Å². The van der Waals surface area contributed by atoms with Gasteiger partial charge < -0.3 is 24.8 Å². The van der Waals surface area contributed by atoms with Crippen LogP contribution >= 0.6 is 0 Å². The van der Waals surface area contributed by atoms with E-state index >= 15 is 0 Å². The van der Waals surface area contributed by atoms with Crippen LogP contribution in [0.4, 0.5) is 0 Å². The van der Waals surface area contributed by atoms with Crippen molar-refractivity contribution in [2.24, 2.45) is 5.73 Å². The number of benzene rings is 1. The average Bonchev–Trinajstić information content (AvgIpc) is 3.13. The molecule has 0 aliphatic carbocycles. The third kappa shape index (κ3) is 2.51. The first-order valence-electron chi connectivity index (χ1n) is 6.81. The van der Waals surface area contributed by atoms with Crippen LogP contribution in [0.25, 0.3) is 0 Å². The maximum atomic E-state index is 12.0. The Morgan fingerprint density at radius 3 is 2.65 bits per heavy atom. The van der Waals surface area contributed by atoms with E-state index in [9.17, 15) is 4.79 Å². The zero-order valence-corrected chi connectivity index (χ0v) is 11.3. The zero-order valence-electron chi connectivity index (χ0n) is 11.3. The quantitative estimate of drug-likeness (QED) is 0.884. The zero-order chi connectivity index (χ0) is 13.9. The maximum absolute atomic E-state index is 12.0. The van der Waals surface area contributed by atoms with Crippen molar-refractivity contribution in [1.82, 2.24) is 4.90 Å². The summed E-state index contributed by atoms with van der Waals surface area (Å²) in [6.45, 7) is 2.21. The molecule has 1 amide bonds. The molecule has 0 bridgehead atoms. The fourth-order valence-electron chi connectivity index (χ4n) is 2.46. The predicted molar refractivity (Wildman–Crippen MR) is 71.8 cm³/mol. The van der Waals surface area contributed by atoms with Gasteiger partial charge >= 0.3 is 0 Å². The van der Waals surface area contributed by atoms with Crippen molar-refractivity contribution < 1.29 is 19.0 Å². The highest BCUT2D eigenvalue weighted by molar-refractivity contribution is 5.78. The third-order valence-electron chi connectivity index (χ3n) is 3.59. The summed E-state index contributed by atoms with van der Waals surface area (Å²) in [4.78, 5) is 13.8. The van der Waals surface area contributed by atoms with Gasteiger partial charge in [-0.25, -0.2) is 0 Å². The van der Waals surface area contributed by atoms with E-state index in [1.807, 2.05) is 4.90 Å². The van der Waals surface area contributed by atoms with Gasteiger partial charge in [-0.15, -0.1) is 0 Å². The second kappa shape index (κ2) is 5.58. The second-order valence-electron chi connectivity index (χ2n) is 4.89. The van der Waals surface area contributed by atoms with E-state index in [1.165, 1.54) is 0 Å². The Kier molecular flexibility index (Phi) is 3.64. The minimum Gasteiger partial charge on any atom is -0.483 e. The summed E-state index contributed by atoms with van der Waals surface area (Å²) < 4.78 is 16.2. The van der Waals surface area contributed by atoms with Gasteiger partial charge in [0, 0.05) is 31.3 Å². The van der Waals surface area contributed by atoms with E-state index in [0.29, 0.717) is 23.8 Å². The molecule has 6 heteroatoms. The Morgan fingerprint density at radius 1 is 1.25 bits per heavy atom. The minimum absolute atomic E-state index is 0.0168. The van der Waals surface area contributed by atoms with Crippen LogP contribution in [0.2, 0.25) is 0 Å². The van der Waals surface area contributed by atoms with Crippen molar-refractivity contribution in [2.45, 2.75) is 19.4 Å². The molecule has 108 valence electrons. The molecule has 2 aliphatic heterocycles. The number of amides is 1. The molecule has 0 radical (unpaired) electrons. The summed E-state index contributed by atoms with van der Waals surface area (Å²) in [5, 5.41) is 0. The number of hydrogen-bond donors (Lipinski definition) is 1. The van der Waals surface area contributed by atoms with Gasteiger partial charge in [0.1, 0.15) is 5.75 Å². The van der Waals surface area contributed by atoms with Gasteiger partial charge in [-0.05, 0) is 18.9 Å². The molecule has 2 N–H and O–H groups in total. The summed E-state index contributed by atoms with van der Waals surface area (Å²) in [6, 6.07) is 3.54. The summed E-state index contributed by atoms with van der Waals surface area (Å²) >= 11 is 0. The van der Waals surface area contributed by atoms with Crippen LogP contribution in [0, 0.1) is 0 Å². The normalized spacial score (nSPS) is 16.6. The highest BCUT2D eigenvalue weighted by atomic mass is 16.7. The van der Waals surface area contributed by atoms with E-state index < -0.39 is 0 Å². The van der Waals surface area contributed by atoms with Gasteiger partial charge in [-0.2, -0.15) is 0 Å². The van der Waals surface area contributed by atoms with Crippen LogP contribution in [0.5, 0.6) is 17.2 Å².